The zero-order chi connectivity index (χ0) is 16.9. The molecule has 0 fully saturated rings. The number of fused-ring (bicyclic) bond motifs is 1. The monoisotopic (exact) mass is 308 g/mol. The molecular formula is C17H17N5O. The van der Waals surface area contributed by atoms with Gasteiger partial charge in [0.1, 0.15) is 0 Å². The Morgan fingerprint density at radius 1 is 1.26 bits per heavy atom. The van der Waals surface area contributed by atoms with E-state index in [0.29, 0.717) is 17.4 Å². The second-order valence-corrected chi connectivity index (χ2v) is 4.90. The van der Waals surface area contributed by atoms with Crippen LogP contribution in [0.5, 0.6) is 0 Å². The minimum absolute atomic E-state index is 0.394. The molecule has 1 aromatic heterocycles. The quantitative estimate of drug-likeness (QED) is 0.496. The number of H-pyrrole nitrogens is 1. The van der Waals surface area contributed by atoms with Gasteiger partial charge in [-0.1, -0.05) is 18.2 Å². The van der Waals surface area contributed by atoms with Gasteiger partial charge in [0.2, 0.25) is 0 Å². The molecule has 3 rings (SSSR count). The van der Waals surface area contributed by atoms with Crippen LogP contribution in [0.2, 0.25) is 1.41 Å². The minimum atomic E-state index is -0.394. The molecule has 4 N–H and O–H groups in total. The molecule has 6 nitrogen and oxygen atoms in total. The standard InChI is InChI=1S/C17H17N5O/c18-21-9-4-10-22(13-5-2-1-3-6-13)14-7-8-16-15(11-14)17(23)20-12-19-16/h1-9,11-12,21H,10,18H2,(H,19,20,23)/i/hD. The van der Waals surface area contributed by atoms with Crippen molar-refractivity contribution in [1.82, 2.24) is 15.4 Å². The number of anilines is 2. The van der Waals surface area contributed by atoms with Crippen LogP contribution in [0.25, 0.3) is 10.9 Å². The first-order valence-electron chi connectivity index (χ1n) is 7.60. The van der Waals surface area contributed by atoms with E-state index in [1.54, 1.807) is 18.3 Å². The Bertz CT molecular complexity index is 923. The molecule has 0 unspecified atom stereocenters. The van der Waals surface area contributed by atoms with Gasteiger partial charge in [-0.2, -0.15) is 0 Å². The van der Waals surface area contributed by atoms with Crippen LogP contribution in [-0.2, 0) is 0 Å². The fourth-order valence-corrected chi connectivity index (χ4v) is 2.38. The third kappa shape index (κ3) is 3.22. The molecule has 116 valence electrons. The SMILES string of the molecule is [2H]n1cnc2ccc(N(CC=CNN)c3ccccc3)cc2c1=O. The third-order valence-corrected chi connectivity index (χ3v) is 3.46. The Morgan fingerprint density at radius 3 is 2.87 bits per heavy atom. The van der Waals surface area contributed by atoms with Crippen LogP contribution in [-0.4, -0.2) is 16.5 Å². The van der Waals surface area contributed by atoms with Gasteiger partial charge in [0.05, 0.1) is 17.2 Å². The molecule has 0 saturated heterocycles. The van der Waals surface area contributed by atoms with E-state index in [9.17, 15) is 4.79 Å². The van der Waals surface area contributed by atoms with Crippen LogP contribution in [0.1, 0.15) is 0 Å². The maximum atomic E-state index is 12.2. The molecule has 6 heteroatoms. The summed E-state index contributed by atoms with van der Waals surface area (Å²) in [6.45, 7) is 0.565. The van der Waals surface area contributed by atoms with Crippen LogP contribution in [0, 0.1) is 0 Å². The highest BCUT2D eigenvalue weighted by Gasteiger charge is 2.09. The van der Waals surface area contributed by atoms with E-state index in [2.05, 4.69) is 10.4 Å². The molecule has 0 atom stereocenters. The van der Waals surface area contributed by atoms with E-state index in [0.717, 1.165) is 16.4 Å². The summed E-state index contributed by atoms with van der Waals surface area (Å²) in [5, 5.41) is 0.409. The van der Waals surface area contributed by atoms with Crippen LogP contribution >= 0.6 is 0 Å². The van der Waals surface area contributed by atoms with E-state index >= 15 is 0 Å². The maximum Gasteiger partial charge on any atom is 0.258 e. The fourth-order valence-electron chi connectivity index (χ4n) is 2.38. The Balaban J connectivity index is 2.10. The first-order valence-corrected chi connectivity index (χ1v) is 7.15. The first kappa shape index (κ1) is 13.5. The number of para-hydroxylation sites is 1. The Morgan fingerprint density at radius 2 is 2.09 bits per heavy atom. The molecule has 3 aromatic rings. The summed E-state index contributed by atoms with van der Waals surface area (Å²) in [6.07, 6.45) is 4.73. The summed E-state index contributed by atoms with van der Waals surface area (Å²) in [5.74, 6) is 5.27. The molecular weight excluding hydrogens is 290 g/mol. The Kier molecular flexibility index (Phi) is 3.98. The number of benzene rings is 2. The second-order valence-electron chi connectivity index (χ2n) is 4.90. The van der Waals surface area contributed by atoms with E-state index < -0.39 is 5.56 Å². The molecule has 0 aliphatic rings. The van der Waals surface area contributed by atoms with Crippen molar-refractivity contribution in [3.63, 3.8) is 0 Å². The van der Waals surface area contributed by atoms with Crippen LogP contribution in [0.3, 0.4) is 0 Å². The number of hydrogen-bond acceptors (Lipinski definition) is 5. The highest BCUT2D eigenvalue weighted by atomic mass is 16.1. The van der Waals surface area contributed by atoms with Crippen LogP contribution in [0.4, 0.5) is 11.4 Å². The number of nitrogens with zero attached hydrogens (tertiary/aromatic N) is 2. The Labute approximate surface area is 134 Å². The van der Waals surface area contributed by atoms with E-state index in [-0.39, 0.29) is 0 Å². The number of nitrogens with two attached hydrogens (primary N) is 1. The average Bonchev–Trinajstić information content (AvgIpc) is 2.63. The number of aromatic amines is 1. The molecule has 1 heterocycles. The molecule has 0 bridgehead atoms. The van der Waals surface area contributed by atoms with Gasteiger partial charge in [-0.15, -0.1) is 0 Å². The summed E-state index contributed by atoms with van der Waals surface area (Å²) < 4.78 is 7.57. The van der Waals surface area contributed by atoms with Gasteiger partial charge in [0.15, 0.2) is 1.41 Å². The van der Waals surface area contributed by atoms with Crippen molar-refractivity contribution >= 4 is 22.3 Å². The molecule has 23 heavy (non-hydrogen) atoms. The fraction of sp³-hybridized carbons (Fsp3) is 0.0588. The lowest BCUT2D eigenvalue weighted by Gasteiger charge is -2.23. The second kappa shape index (κ2) is 6.76. The molecule has 2 aromatic carbocycles. The van der Waals surface area contributed by atoms with Crippen molar-refractivity contribution in [2.45, 2.75) is 0 Å². The first-order chi connectivity index (χ1) is 11.7. The van der Waals surface area contributed by atoms with E-state index in [4.69, 9.17) is 7.25 Å². The summed E-state index contributed by atoms with van der Waals surface area (Å²) >= 11 is 0. The van der Waals surface area contributed by atoms with Gasteiger partial charge in [-0.3, -0.25) is 10.6 Å². The van der Waals surface area contributed by atoms with Crippen molar-refractivity contribution in [1.29, 1.82) is 0 Å². The number of aromatic nitrogens is 2. The minimum Gasteiger partial charge on any atom is -0.338 e. The number of hydrogen-bond donors (Lipinski definition) is 3. The lowest BCUT2D eigenvalue weighted by atomic mass is 10.2. The molecule has 0 spiro atoms. The predicted octanol–water partition coefficient (Wildman–Crippen LogP) is 2.04. The van der Waals surface area contributed by atoms with Crippen molar-refractivity contribution in [3.05, 3.63) is 77.5 Å². The molecule has 0 aliphatic carbocycles. The molecule has 0 saturated carbocycles. The Hall–Kier alpha value is -3.12. The van der Waals surface area contributed by atoms with Crippen LogP contribution < -0.4 is 21.7 Å². The number of rotatable bonds is 5. The average molecular weight is 308 g/mol. The summed E-state index contributed by atoms with van der Waals surface area (Å²) in [4.78, 5) is 19.1. The normalized spacial score (nSPS) is 11.6. The summed E-state index contributed by atoms with van der Waals surface area (Å²) in [7, 11) is 0. The molecule has 0 amide bonds. The predicted molar refractivity (Wildman–Crippen MR) is 92.3 cm³/mol. The van der Waals surface area contributed by atoms with Gasteiger partial charge in [0, 0.05) is 24.1 Å². The van der Waals surface area contributed by atoms with Gasteiger partial charge < -0.3 is 15.3 Å². The van der Waals surface area contributed by atoms with Crippen molar-refractivity contribution < 1.29 is 1.41 Å². The van der Waals surface area contributed by atoms with E-state index in [1.807, 2.05) is 47.4 Å². The summed E-state index contributed by atoms with van der Waals surface area (Å²) in [5.41, 5.74) is 4.47. The highest BCUT2D eigenvalue weighted by Crippen LogP contribution is 2.26. The smallest absolute Gasteiger partial charge is 0.258 e. The number of hydrazine groups is 1. The van der Waals surface area contributed by atoms with Gasteiger partial charge in [-0.05, 0) is 36.4 Å². The lowest BCUT2D eigenvalue weighted by Crippen LogP contribution is -2.19. The molecule has 0 aliphatic heterocycles. The van der Waals surface area contributed by atoms with Crippen molar-refractivity contribution in [2.24, 2.45) is 5.84 Å². The maximum absolute atomic E-state index is 12.2. The topological polar surface area (TPSA) is 87.0 Å². The lowest BCUT2D eigenvalue weighted by molar-refractivity contribution is 0.954. The third-order valence-electron chi connectivity index (χ3n) is 3.46. The van der Waals surface area contributed by atoms with Crippen molar-refractivity contribution in [2.75, 3.05) is 11.4 Å². The van der Waals surface area contributed by atoms with Crippen LogP contribution in [0.15, 0.2) is 71.9 Å². The van der Waals surface area contributed by atoms with Gasteiger partial charge in [-0.25, -0.2) is 4.98 Å². The van der Waals surface area contributed by atoms with Gasteiger partial charge >= 0.3 is 0 Å². The number of nitrogens with one attached hydrogen (secondary N) is 2. The van der Waals surface area contributed by atoms with E-state index in [1.165, 1.54) is 6.33 Å². The van der Waals surface area contributed by atoms with Gasteiger partial charge in [0.25, 0.3) is 5.56 Å². The zero-order valence-electron chi connectivity index (χ0n) is 13.4. The summed E-state index contributed by atoms with van der Waals surface area (Å²) in [6, 6.07) is 15.3. The largest absolute Gasteiger partial charge is 0.338 e. The van der Waals surface area contributed by atoms with Crippen molar-refractivity contribution in [3.8, 4) is 0 Å². The highest BCUT2D eigenvalue weighted by molar-refractivity contribution is 5.83. The zero-order valence-corrected chi connectivity index (χ0v) is 12.4. The molecule has 0 radical (unpaired) electrons.